The largest absolute Gasteiger partial charge is 0.370 e. The quantitative estimate of drug-likeness (QED) is 0.761. The fourth-order valence-electron chi connectivity index (χ4n) is 2.09. The summed E-state index contributed by atoms with van der Waals surface area (Å²) in [6, 6.07) is 8.51. The molecular weight excluding hydrogens is 246 g/mol. The SMILES string of the molecule is C1=CC=C2C=CC=c3ccccc3=C2C=C1.CC(N)=O. The van der Waals surface area contributed by atoms with Crippen molar-refractivity contribution in [2.45, 2.75) is 6.92 Å². The van der Waals surface area contributed by atoms with Gasteiger partial charge in [-0.25, -0.2) is 0 Å². The summed E-state index contributed by atoms with van der Waals surface area (Å²) in [7, 11) is 0. The van der Waals surface area contributed by atoms with Crippen LogP contribution in [0.3, 0.4) is 0 Å². The molecule has 0 fully saturated rings. The van der Waals surface area contributed by atoms with Crippen LogP contribution in [0, 0.1) is 0 Å². The minimum Gasteiger partial charge on any atom is -0.370 e. The number of nitrogens with two attached hydrogens (primary N) is 1. The summed E-state index contributed by atoms with van der Waals surface area (Å²) < 4.78 is 0. The molecule has 1 amide bonds. The van der Waals surface area contributed by atoms with Gasteiger partial charge in [0.25, 0.3) is 0 Å². The van der Waals surface area contributed by atoms with Crippen LogP contribution in [0.4, 0.5) is 0 Å². The monoisotopic (exact) mass is 263 g/mol. The zero-order valence-electron chi connectivity index (χ0n) is 11.4. The molecule has 20 heavy (non-hydrogen) atoms. The second-order valence-electron chi connectivity index (χ2n) is 4.50. The van der Waals surface area contributed by atoms with E-state index < -0.39 is 0 Å². The zero-order chi connectivity index (χ0) is 14.4. The third-order valence-electron chi connectivity index (χ3n) is 2.87. The van der Waals surface area contributed by atoms with E-state index in [1.807, 2.05) is 0 Å². The first-order valence-corrected chi connectivity index (χ1v) is 6.47. The van der Waals surface area contributed by atoms with Crippen molar-refractivity contribution in [2.75, 3.05) is 0 Å². The second kappa shape index (κ2) is 6.53. The molecule has 2 aliphatic carbocycles. The molecule has 0 saturated heterocycles. The molecule has 0 saturated carbocycles. The van der Waals surface area contributed by atoms with Crippen LogP contribution in [0.5, 0.6) is 0 Å². The molecular formula is C18H17NO. The summed E-state index contributed by atoms with van der Waals surface area (Å²) in [6.45, 7) is 1.31. The van der Waals surface area contributed by atoms with Crippen LogP contribution in [0.25, 0.3) is 11.6 Å². The maximum Gasteiger partial charge on any atom is 0.214 e. The molecule has 2 nitrogen and oxygen atoms in total. The van der Waals surface area contributed by atoms with E-state index in [0.717, 1.165) is 0 Å². The Bertz CT molecular complexity index is 742. The van der Waals surface area contributed by atoms with Gasteiger partial charge in [-0.15, -0.1) is 0 Å². The van der Waals surface area contributed by atoms with E-state index in [4.69, 9.17) is 0 Å². The minimum absolute atomic E-state index is 0.333. The predicted octanol–water partition coefficient (Wildman–Crippen LogP) is 1.73. The lowest BCUT2D eigenvalue weighted by Gasteiger charge is -2.01. The first kappa shape index (κ1) is 13.8. The number of carbonyl (C=O) groups is 1. The topological polar surface area (TPSA) is 43.1 Å². The van der Waals surface area contributed by atoms with Crippen molar-refractivity contribution in [1.29, 1.82) is 0 Å². The third kappa shape index (κ3) is 3.45. The molecule has 0 radical (unpaired) electrons. The van der Waals surface area contributed by atoms with E-state index in [-0.39, 0.29) is 5.91 Å². The maximum absolute atomic E-state index is 9.22. The summed E-state index contributed by atoms with van der Waals surface area (Å²) in [5.74, 6) is -0.333. The van der Waals surface area contributed by atoms with Gasteiger partial charge < -0.3 is 5.73 Å². The lowest BCUT2D eigenvalue weighted by Crippen LogP contribution is -2.25. The molecule has 0 spiro atoms. The number of fused-ring (bicyclic) bond motifs is 2. The summed E-state index contributed by atoms with van der Waals surface area (Å²) in [4.78, 5) is 9.22. The fraction of sp³-hybridized carbons (Fsp3) is 0.0556. The normalized spacial score (nSPS) is 14.7. The molecule has 0 heterocycles. The Balaban J connectivity index is 0.000000328. The van der Waals surface area contributed by atoms with Gasteiger partial charge in [-0.2, -0.15) is 0 Å². The first-order valence-electron chi connectivity index (χ1n) is 6.47. The van der Waals surface area contributed by atoms with E-state index in [9.17, 15) is 4.79 Å². The predicted molar refractivity (Wildman–Crippen MR) is 83.9 cm³/mol. The van der Waals surface area contributed by atoms with E-state index in [1.165, 1.54) is 28.5 Å². The van der Waals surface area contributed by atoms with Crippen LogP contribution in [0.1, 0.15) is 6.92 Å². The van der Waals surface area contributed by atoms with Crippen LogP contribution < -0.4 is 16.2 Å². The van der Waals surface area contributed by atoms with Gasteiger partial charge in [-0.1, -0.05) is 72.9 Å². The Labute approximate surface area is 118 Å². The molecule has 2 N–H and O–H groups in total. The van der Waals surface area contributed by atoms with Crippen LogP contribution in [0.2, 0.25) is 0 Å². The molecule has 100 valence electrons. The van der Waals surface area contributed by atoms with Crippen LogP contribution in [-0.2, 0) is 4.79 Å². The standard InChI is InChI=1S/C16H12.C2H5NO/c1-2-7-13-9-6-10-14-8-4-5-12-16(14)15(13)11-3-1;1-2(3)4/h1-12H;1H3,(H2,3,4). The highest BCUT2D eigenvalue weighted by atomic mass is 16.1. The Morgan fingerprint density at radius 1 is 0.950 bits per heavy atom. The van der Waals surface area contributed by atoms with Crippen molar-refractivity contribution in [2.24, 2.45) is 5.73 Å². The highest BCUT2D eigenvalue weighted by Crippen LogP contribution is 2.16. The highest BCUT2D eigenvalue weighted by molar-refractivity contribution is 5.79. The molecule has 2 heteroatoms. The number of primary amides is 1. The van der Waals surface area contributed by atoms with Gasteiger partial charge in [0.1, 0.15) is 0 Å². The smallest absolute Gasteiger partial charge is 0.214 e. The van der Waals surface area contributed by atoms with Crippen molar-refractivity contribution in [3.05, 3.63) is 82.8 Å². The number of allylic oxidation sites excluding steroid dienone is 8. The number of hydrogen-bond acceptors (Lipinski definition) is 1. The van der Waals surface area contributed by atoms with Crippen molar-refractivity contribution in [1.82, 2.24) is 0 Å². The summed E-state index contributed by atoms with van der Waals surface area (Å²) in [6.07, 6.45) is 17.0. The lowest BCUT2D eigenvalue weighted by molar-refractivity contribution is -0.115. The summed E-state index contributed by atoms with van der Waals surface area (Å²) in [5.41, 5.74) is 7.04. The van der Waals surface area contributed by atoms with Gasteiger partial charge in [0.2, 0.25) is 5.91 Å². The van der Waals surface area contributed by atoms with Gasteiger partial charge in [0.05, 0.1) is 0 Å². The van der Waals surface area contributed by atoms with E-state index in [2.05, 4.69) is 78.6 Å². The molecule has 0 atom stereocenters. The molecule has 1 aromatic carbocycles. The van der Waals surface area contributed by atoms with Crippen LogP contribution in [-0.4, -0.2) is 5.91 Å². The minimum atomic E-state index is -0.333. The van der Waals surface area contributed by atoms with E-state index in [1.54, 1.807) is 0 Å². The first-order chi connectivity index (χ1) is 9.68. The molecule has 2 aliphatic rings. The number of benzene rings is 1. The number of carbonyl (C=O) groups excluding carboxylic acids is 1. The molecule has 0 aliphatic heterocycles. The van der Waals surface area contributed by atoms with Crippen LogP contribution in [0.15, 0.2) is 72.4 Å². The molecule has 0 bridgehead atoms. The van der Waals surface area contributed by atoms with Crippen molar-refractivity contribution >= 4 is 17.6 Å². The molecule has 0 unspecified atom stereocenters. The maximum atomic E-state index is 9.22. The Morgan fingerprint density at radius 2 is 1.70 bits per heavy atom. The van der Waals surface area contributed by atoms with Gasteiger partial charge in [-0.3, -0.25) is 4.79 Å². The number of hydrogen-bond donors (Lipinski definition) is 1. The fourth-order valence-corrected chi connectivity index (χ4v) is 2.09. The number of rotatable bonds is 0. The van der Waals surface area contributed by atoms with Gasteiger partial charge in [0, 0.05) is 6.92 Å². The lowest BCUT2D eigenvalue weighted by atomic mass is 10.0. The summed E-state index contributed by atoms with van der Waals surface area (Å²) in [5, 5.41) is 2.59. The molecule has 0 aromatic heterocycles. The van der Waals surface area contributed by atoms with Crippen molar-refractivity contribution in [3.8, 4) is 0 Å². The third-order valence-corrected chi connectivity index (χ3v) is 2.87. The highest BCUT2D eigenvalue weighted by Gasteiger charge is 2.03. The van der Waals surface area contributed by atoms with Crippen molar-refractivity contribution < 1.29 is 4.79 Å². The summed E-state index contributed by atoms with van der Waals surface area (Å²) >= 11 is 0. The van der Waals surface area contributed by atoms with Gasteiger partial charge >= 0.3 is 0 Å². The van der Waals surface area contributed by atoms with Crippen LogP contribution >= 0.6 is 0 Å². The average molecular weight is 263 g/mol. The van der Waals surface area contributed by atoms with E-state index >= 15 is 0 Å². The molecule has 1 aromatic rings. The Hall–Kier alpha value is -2.61. The Morgan fingerprint density at radius 3 is 2.50 bits per heavy atom. The van der Waals surface area contributed by atoms with E-state index in [0.29, 0.717) is 0 Å². The van der Waals surface area contributed by atoms with Gasteiger partial charge in [0.15, 0.2) is 0 Å². The second-order valence-corrected chi connectivity index (χ2v) is 4.50. The Kier molecular flexibility index (Phi) is 4.51. The zero-order valence-corrected chi connectivity index (χ0v) is 11.4. The van der Waals surface area contributed by atoms with Crippen molar-refractivity contribution in [3.63, 3.8) is 0 Å². The number of amides is 1. The average Bonchev–Trinajstić information content (AvgIpc) is 2.72. The molecule has 3 rings (SSSR count). The van der Waals surface area contributed by atoms with Gasteiger partial charge in [-0.05, 0) is 21.6 Å².